The van der Waals surface area contributed by atoms with Gasteiger partial charge in [0.05, 0.1) is 6.73 Å². The molecule has 0 saturated carbocycles. The quantitative estimate of drug-likeness (QED) is 0.656. The lowest BCUT2D eigenvalue weighted by Crippen LogP contribution is -2.32. The summed E-state index contributed by atoms with van der Waals surface area (Å²) in [5.74, 6) is 0. The molecule has 0 aliphatic heterocycles. The van der Waals surface area contributed by atoms with Crippen molar-refractivity contribution in [1.29, 1.82) is 0 Å². The van der Waals surface area contributed by atoms with E-state index in [-0.39, 0.29) is 13.0 Å². The first-order chi connectivity index (χ1) is 6.36. The first kappa shape index (κ1) is 10.2. The lowest BCUT2D eigenvalue weighted by Gasteiger charge is -2.15. The minimum atomic E-state index is 0.00685. The van der Waals surface area contributed by atoms with Gasteiger partial charge < -0.3 is 10.5 Å². The van der Waals surface area contributed by atoms with E-state index in [2.05, 4.69) is 17.4 Å². The number of likely N-dealkylation sites (N-methyl/N-ethyl adjacent to an activating group) is 1. The summed E-state index contributed by atoms with van der Waals surface area (Å²) in [4.78, 5) is 0. The Kier molecular flexibility index (Phi) is 4.46. The maximum absolute atomic E-state index is 5.30. The molecule has 0 aliphatic rings. The Bertz CT molecular complexity index is 226. The Morgan fingerprint density at radius 3 is 2.62 bits per heavy atom. The lowest BCUT2D eigenvalue weighted by atomic mass is 10.1. The minimum Gasteiger partial charge on any atom is -0.348 e. The van der Waals surface area contributed by atoms with Crippen LogP contribution in [0, 0.1) is 0 Å². The van der Waals surface area contributed by atoms with Crippen LogP contribution in [0.5, 0.6) is 0 Å². The molecular weight excluding hydrogens is 164 g/mol. The minimum absolute atomic E-state index is 0.00685. The largest absolute Gasteiger partial charge is 0.348 e. The van der Waals surface area contributed by atoms with Gasteiger partial charge in [-0.25, -0.2) is 0 Å². The fraction of sp³-hybridized carbons (Fsp3) is 0.400. The number of nitrogens with two attached hydrogens (primary N) is 1. The Labute approximate surface area is 78.9 Å². The molecule has 0 amide bonds. The highest BCUT2D eigenvalue weighted by Crippen LogP contribution is 2.03. The molecule has 0 fully saturated rings. The highest BCUT2D eigenvalue weighted by molar-refractivity contribution is 5.15. The van der Waals surface area contributed by atoms with Crippen molar-refractivity contribution in [3.05, 3.63) is 35.9 Å². The molecule has 0 radical (unpaired) electrons. The van der Waals surface area contributed by atoms with Crippen molar-refractivity contribution in [3.63, 3.8) is 0 Å². The van der Waals surface area contributed by atoms with Crippen LogP contribution >= 0.6 is 0 Å². The highest BCUT2D eigenvalue weighted by Gasteiger charge is 2.05. The van der Waals surface area contributed by atoms with Gasteiger partial charge in [-0.05, 0) is 12.6 Å². The molecule has 0 spiro atoms. The van der Waals surface area contributed by atoms with Gasteiger partial charge in [-0.2, -0.15) is 0 Å². The first-order valence-corrected chi connectivity index (χ1v) is 4.39. The number of hydrogen-bond acceptors (Lipinski definition) is 3. The van der Waals surface area contributed by atoms with E-state index in [9.17, 15) is 0 Å². The van der Waals surface area contributed by atoms with Crippen LogP contribution in [0.15, 0.2) is 30.3 Å². The molecule has 0 bridgehead atoms. The van der Waals surface area contributed by atoms with E-state index < -0.39 is 0 Å². The van der Waals surface area contributed by atoms with E-state index in [0.29, 0.717) is 0 Å². The Morgan fingerprint density at radius 2 is 2.08 bits per heavy atom. The fourth-order valence-electron chi connectivity index (χ4n) is 1.19. The van der Waals surface area contributed by atoms with Gasteiger partial charge in [-0.15, -0.1) is 0 Å². The summed E-state index contributed by atoms with van der Waals surface area (Å²) in [6.45, 7) is 0.248. The second kappa shape index (κ2) is 5.70. The van der Waals surface area contributed by atoms with E-state index in [1.54, 1.807) is 0 Å². The summed E-state index contributed by atoms with van der Waals surface area (Å²) in [6.07, 6.45) is 0.849. The van der Waals surface area contributed by atoms with Crippen molar-refractivity contribution < 1.29 is 4.74 Å². The average molecular weight is 180 g/mol. The third-order valence-electron chi connectivity index (χ3n) is 1.88. The van der Waals surface area contributed by atoms with Crippen LogP contribution in [-0.4, -0.2) is 20.0 Å². The molecule has 3 nitrogen and oxygen atoms in total. The van der Waals surface area contributed by atoms with Crippen LogP contribution < -0.4 is 11.1 Å². The van der Waals surface area contributed by atoms with E-state index in [1.807, 2.05) is 25.2 Å². The van der Waals surface area contributed by atoms with Crippen molar-refractivity contribution in [2.75, 3.05) is 13.8 Å². The van der Waals surface area contributed by atoms with Gasteiger partial charge in [0.25, 0.3) is 0 Å². The molecule has 72 valence electrons. The predicted octanol–water partition coefficient (Wildman–Crippen LogP) is 0.707. The van der Waals surface area contributed by atoms with Crippen LogP contribution in [0.1, 0.15) is 5.56 Å². The Hall–Kier alpha value is -0.900. The molecule has 1 aromatic carbocycles. The summed E-state index contributed by atoms with van der Waals surface area (Å²) >= 11 is 0. The fourth-order valence-corrected chi connectivity index (χ4v) is 1.19. The highest BCUT2D eigenvalue weighted by atomic mass is 16.5. The standard InChI is InChI=1S/C10H16N2O/c1-12-10(13-8-11)7-9-5-3-2-4-6-9/h2-6,10,12H,7-8,11H2,1H3. The van der Waals surface area contributed by atoms with Gasteiger partial charge in [0.2, 0.25) is 0 Å². The number of ether oxygens (including phenoxy) is 1. The number of benzene rings is 1. The second-order valence-electron chi connectivity index (χ2n) is 2.80. The number of hydrogen-bond donors (Lipinski definition) is 2. The van der Waals surface area contributed by atoms with E-state index in [0.717, 1.165) is 6.42 Å². The molecule has 0 heterocycles. The van der Waals surface area contributed by atoms with Gasteiger partial charge in [0, 0.05) is 6.42 Å². The smallest absolute Gasteiger partial charge is 0.113 e. The summed E-state index contributed by atoms with van der Waals surface area (Å²) in [6, 6.07) is 10.2. The van der Waals surface area contributed by atoms with Crippen LogP contribution in [0.2, 0.25) is 0 Å². The van der Waals surface area contributed by atoms with Gasteiger partial charge in [0.1, 0.15) is 6.23 Å². The van der Waals surface area contributed by atoms with Crippen molar-refractivity contribution in [3.8, 4) is 0 Å². The van der Waals surface area contributed by atoms with Gasteiger partial charge in [-0.1, -0.05) is 30.3 Å². The lowest BCUT2D eigenvalue weighted by molar-refractivity contribution is 0.0398. The molecule has 0 saturated heterocycles. The maximum atomic E-state index is 5.30. The summed E-state index contributed by atoms with van der Waals surface area (Å²) in [7, 11) is 1.86. The molecule has 1 aromatic rings. The molecule has 0 aromatic heterocycles. The monoisotopic (exact) mass is 180 g/mol. The molecule has 3 heteroatoms. The van der Waals surface area contributed by atoms with Crippen LogP contribution in [0.3, 0.4) is 0 Å². The van der Waals surface area contributed by atoms with Crippen molar-refractivity contribution >= 4 is 0 Å². The van der Waals surface area contributed by atoms with E-state index >= 15 is 0 Å². The van der Waals surface area contributed by atoms with Crippen LogP contribution in [0.25, 0.3) is 0 Å². The Morgan fingerprint density at radius 1 is 1.38 bits per heavy atom. The normalized spacial score (nSPS) is 12.8. The molecule has 1 unspecified atom stereocenters. The van der Waals surface area contributed by atoms with Crippen molar-refractivity contribution in [2.24, 2.45) is 5.73 Å². The zero-order valence-electron chi connectivity index (χ0n) is 7.86. The third-order valence-corrected chi connectivity index (χ3v) is 1.88. The van der Waals surface area contributed by atoms with E-state index in [1.165, 1.54) is 5.56 Å². The molecule has 13 heavy (non-hydrogen) atoms. The summed E-state index contributed by atoms with van der Waals surface area (Å²) < 4.78 is 5.26. The first-order valence-electron chi connectivity index (χ1n) is 4.39. The predicted molar refractivity (Wildman–Crippen MR) is 53.1 cm³/mol. The molecule has 3 N–H and O–H groups in total. The zero-order valence-corrected chi connectivity index (χ0v) is 7.86. The topological polar surface area (TPSA) is 47.3 Å². The zero-order chi connectivity index (χ0) is 9.52. The second-order valence-corrected chi connectivity index (χ2v) is 2.80. The van der Waals surface area contributed by atoms with Crippen LogP contribution in [-0.2, 0) is 11.2 Å². The maximum Gasteiger partial charge on any atom is 0.113 e. The van der Waals surface area contributed by atoms with Gasteiger partial charge in [-0.3, -0.25) is 5.32 Å². The van der Waals surface area contributed by atoms with Crippen molar-refractivity contribution in [1.82, 2.24) is 5.32 Å². The molecule has 1 atom stereocenters. The molecule has 0 aliphatic carbocycles. The van der Waals surface area contributed by atoms with Gasteiger partial charge in [0.15, 0.2) is 0 Å². The molecule has 1 rings (SSSR count). The molecular formula is C10H16N2O. The summed E-state index contributed by atoms with van der Waals surface area (Å²) in [5, 5.41) is 3.05. The average Bonchev–Trinajstić information content (AvgIpc) is 2.19. The number of rotatable bonds is 5. The summed E-state index contributed by atoms with van der Waals surface area (Å²) in [5.41, 5.74) is 6.54. The van der Waals surface area contributed by atoms with Crippen molar-refractivity contribution in [2.45, 2.75) is 12.6 Å². The SMILES string of the molecule is CNC(Cc1ccccc1)OCN. The van der Waals surface area contributed by atoms with E-state index in [4.69, 9.17) is 10.5 Å². The van der Waals surface area contributed by atoms with Crippen LogP contribution in [0.4, 0.5) is 0 Å². The Balaban J connectivity index is 2.46. The number of nitrogens with one attached hydrogen (secondary N) is 1. The third kappa shape index (κ3) is 3.55. The van der Waals surface area contributed by atoms with Gasteiger partial charge >= 0.3 is 0 Å².